The number of alkyl halides is 1. The summed E-state index contributed by atoms with van der Waals surface area (Å²) in [5.41, 5.74) is -1.05. The van der Waals surface area contributed by atoms with Gasteiger partial charge in [0.1, 0.15) is 5.67 Å². The van der Waals surface area contributed by atoms with Crippen molar-refractivity contribution in [1.29, 1.82) is 0 Å². The summed E-state index contributed by atoms with van der Waals surface area (Å²) >= 11 is 1.53. The van der Waals surface area contributed by atoms with Crippen molar-refractivity contribution >= 4 is 17.7 Å². The van der Waals surface area contributed by atoms with E-state index in [1.54, 1.807) is 18.2 Å². The molecule has 1 aromatic rings. The Morgan fingerprint density at radius 3 is 2.80 bits per heavy atom. The smallest absolute Gasteiger partial charge is 0.336 e. The van der Waals surface area contributed by atoms with E-state index in [0.29, 0.717) is 17.7 Å². The highest BCUT2D eigenvalue weighted by Crippen LogP contribution is 2.41. The molecule has 2 nitrogen and oxygen atoms in total. The number of benzene rings is 1. The minimum atomic E-state index is -1.46. The van der Waals surface area contributed by atoms with Gasteiger partial charge in [0.2, 0.25) is 0 Å². The normalized spacial score (nSPS) is 25.4. The first kappa shape index (κ1) is 10.5. The lowest BCUT2D eigenvalue weighted by molar-refractivity contribution is 0.0688. The van der Waals surface area contributed by atoms with Crippen LogP contribution in [-0.4, -0.2) is 22.6 Å². The zero-order valence-electron chi connectivity index (χ0n) is 8.07. The van der Waals surface area contributed by atoms with Crippen molar-refractivity contribution in [1.82, 2.24) is 0 Å². The van der Waals surface area contributed by atoms with Gasteiger partial charge in [0.15, 0.2) is 0 Å². The summed E-state index contributed by atoms with van der Waals surface area (Å²) in [6.45, 7) is 0. The Kier molecular flexibility index (Phi) is 2.69. The Morgan fingerprint density at radius 2 is 2.20 bits per heavy atom. The van der Waals surface area contributed by atoms with Crippen LogP contribution in [0.1, 0.15) is 22.3 Å². The topological polar surface area (TPSA) is 37.3 Å². The van der Waals surface area contributed by atoms with Gasteiger partial charge in [0.25, 0.3) is 0 Å². The summed E-state index contributed by atoms with van der Waals surface area (Å²) in [7, 11) is 0. The molecule has 1 fully saturated rings. The molecule has 0 aliphatic carbocycles. The van der Waals surface area contributed by atoms with Crippen LogP contribution in [0.2, 0.25) is 0 Å². The highest BCUT2D eigenvalue weighted by atomic mass is 32.2. The molecule has 1 unspecified atom stereocenters. The van der Waals surface area contributed by atoms with Gasteiger partial charge in [-0.25, -0.2) is 9.18 Å². The van der Waals surface area contributed by atoms with Gasteiger partial charge in [-0.15, -0.1) is 0 Å². The van der Waals surface area contributed by atoms with E-state index in [0.717, 1.165) is 5.75 Å². The molecule has 0 amide bonds. The van der Waals surface area contributed by atoms with Crippen LogP contribution in [0.4, 0.5) is 4.39 Å². The van der Waals surface area contributed by atoms with Crippen LogP contribution in [0.25, 0.3) is 0 Å². The molecule has 1 aliphatic heterocycles. The first-order chi connectivity index (χ1) is 7.13. The predicted octanol–water partition coefficient (Wildman–Crippen LogP) is 2.69. The fourth-order valence-electron chi connectivity index (χ4n) is 1.81. The fraction of sp³-hybridized carbons (Fsp3) is 0.364. The number of carboxylic acids is 1. The highest BCUT2D eigenvalue weighted by Gasteiger charge is 2.38. The molecule has 1 atom stereocenters. The summed E-state index contributed by atoms with van der Waals surface area (Å²) in [5, 5.41) is 8.97. The largest absolute Gasteiger partial charge is 0.478 e. The number of hydrogen-bond acceptors (Lipinski definition) is 2. The van der Waals surface area contributed by atoms with Gasteiger partial charge >= 0.3 is 5.97 Å². The highest BCUT2D eigenvalue weighted by molar-refractivity contribution is 7.99. The van der Waals surface area contributed by atoms with Gasteiger partial charge in [-0.1, -0.05) is 18.2 Å². The molecular weight excluding hydrogens is 215 g/mol. The van der Waals surface area contributed by atoms with Gasteiger partial charge in [-0.2, -0.15) is 11.8 Å². The molecule has 0 aromatic heterocycles. The molecule has 0 radical (unpaired) electrons. The number of hydrogen-bond donors (Lipinski definition) is 1. The van der Waals surface area contributed by atoms with Gasteiger partial charge in [0.05, 0.1) is 5.56 Å². The van der Waals surface area contributed by atoms with E-state index < -0.39 is 11.6 Å². The van der Waals surface area contributed by atoms with E-state index in [9.17, 15) is 9.18 Å². The molecule has 2 rings (SSSR count). The van der Waals surface area contributed by atoms with Gasteiger partial charge in [-0.05, 0) is 18.2 Å². The molecule has 4 heteroatoms. The van der Waals surface area contributed by atoms with E-state index in [-0.39, 0.29) is 5.56 Å². The number of aromatic carboxylic acids is 1. The monoisotopic (exact) mass is 226 g/mol. The van der Waals surface area contributed by atoms with Crippen molar-refractivity contribution in [3.8, 4) is 0 Å². The second-order valence-corrected chi connectivity index (χ2v) is 4.72. The first-order valence-electron chi connectivity index (χ1n) is 4.73. The third-order valence-electron chi connectivity index (χ3n) is 2.61. The Balaban J connectivity index is 2.47. The van der Waals surface area contributed by atoms with Crippen molar-refractivity contribution in [3.05, 3.63) is 35.4 Å². The number of thioether (sulfide) groups is 1. The lowest BCUT2D eigenvalue weighted by atomic mass is 9.91. The first-order valence-corrected chi connectivity index (χ1v) is 5.88. The molecule has 0 spiro atoms. The summed E-state index contributed by atoms with van der Waals surface area (Å²) in [4.78, 5) is 10.9. The van der Waals surface area contributed by atoms with Crippen LogP contribution in [0, 0.1) is 0 Å². The van der Waals surface area contributed by atoms with Crippen LogP contribution < -0.4 is 0 Å². The summed E-state index contributed by atoms with van der Waals surface area (Å²) in [5.74, 6) is 0.0568. The maximum Gasteiger partial charge on any atom is 0.336 e. The zero-order chi connectivity index (χ0) is 10.9. The SMILES string of the molecule is O=C(O)c1ccccc1C1(F)CCSC1. The third kappa shape index (κ3) is 1.86. The van der Waals surface area contributed by atoms with Crippen LogP contribution in [-0.2, 0) is 5.67 Å². The van der Waals surface area contributed by atoms with Crippen molar-refractivity contribution in [2.24, 2.45) is 0 Å². The second kappa shape index (κ2) is 3.85. The summed E-state index contributed by atoms with van der Waals surface area (Å²) in [6.07, 6.45) is 0.405. The second-order valence-electron chi connectivity index (χ2n) is 3.62. The Hall–Kier alpha value is -1.03. The quantitative estimate of drug-likeness (QED) is 0.842. The molecule has 80 valence electrons. The van der Waals surface area contributed by atoms with Crippen LogP contribution in [0.15, 0.2) is 24.3 Å². The maximum absolute atomic E-state index is 14.4. The van der Waals surface area contributed by atoms with Crippen molar-refractivity contribution in [2.75, 3.05) is 11.5 Å². The predicted molar refractivity (Wildman–Crippen MR) is 58.1 cm³/mol. The van der Waals surface area contributed by atoms with E-state index in [2.05, 4.69) is 0 Å². The van der Waals surface area contributed by atoms with Crippen molar-refractivity contribution < 1.29 is 14.3 Å². The van der Waals surface area contributed by atoms with E-state index in [1.165, 1.54) is 17.8 Å². The molecular formula is C11H11FO2S. The van der Waals surface area contributed by atoms with Crippen LogP contribution >= 0.6 is 11.8 Å². The number of halogens is 1. The van der Waals surface area contributed by atoms with Crippen LogP contribution in [0.3, 0.4) is 0 Å². The number of carbonyl (C=O) groups is 1. The molecule has 1 aromatic carbocycles. The molecule has 1 heterocycles. The minimum Gasteiger partial charge on any atom is -0.478 e. The maximum atomic E-state index is 14.4. The lowest BCUT2D eigenvalue weighted by Gasteiger charge is -2.20. The van der Waals surface area contributed by atoms with Crippen molar-refractivity contribution in [2.45, 2.75) is 12.1 Å². The van der Waals surface area contributed by atoms with E-state index in [1.807, 2.05) is 0 Å². The average molecular weight is 226 g/mol. The Bertz CT molecular complexity index is 386. The van der Waals surface area contributed by atoms with Gasteiger partial charge in [0, 0.05) is 11.3 Å². The Labute approximate surface area is 91.5 Å². The van der Waals surface area contributed by atoms with Crippen LogP contribution in [0.5, 0.6) is 0 Å². The number of rotatable bonds is 2. The number of carboxylic acid groups (broad SMARTS) is 1. The molecule has 1 N–H and O–H groups in total. The summed E-state index contributed by atoms with van der Waals surface area (Å²) in [6, 6.07) is 6.35. The minimum absolute atomic E-state index is 0.0856. The summed E-state index contributed by atoms with van der Waals surface area (Å²) < 4.78 is 14.4. The third-order valence-corrected chi connectivity index (χ3v) is 3.77. The Morgan fingerprint density at radius 1 is 1.47 bits per heavy atom. The zero-order valence-corrected chi connectivity index (χ0v) is 8.89. The molecule has 0 bridgehead atoms. The average Bonchev–Trinajstić information content (AvgIpc) is 2.66. The molecule has 1 saturated heterocycles. The van der Waals surface area contributed by atoms with Crippen molar-refractivity contribution in [3.63, 3.8) is 0 Å². The van der Waals surface area contributed by atoms with Gasteiger partial charge in [-0.3, -0.25) is 0 Å². The van der Waals surface area contributed by atoms with Gasteiger partial charge < -0.3 is 5.11 Å². The van der Waals surface area contributed by atoms with E-state index in [4.69, 9.17) is 5.11 Å². The van der Waals surface area contributed by atoms with E-state index >= 15 is 0 Å². The molecule has 1 aliphatic rings. The lowest BCUT2D eigenvalue weighted by Crippen LogP contribution is -2.22. The fourth-order valence-corrected chi connectivity index (χ4v) is 3.05. The molecule has 15 heavy (non-hydrogen) atoms. The molecule has 0 saturated carbocycles. The standard InChI is InChI=1S/C11H11FO2S/c12-11(5-6-15-7-11)9-4-2-1-3-8(9)10(13)14/h1-4H,5-7H2,(H,13,14).